The molecule has 1 aromatic heterocycles. The Bertz CT molecular complexity index is 554. The highest BCUT2D eigenvalue weighted by Crippen LogP contribution is 2.13. The first-order valence-corrected chi connectivity index (χ1v) is 9.06. The topological polar surface area (TPSA) is 83.6 Å². The molecule has 0 aliphatic carbocycles. The smallest absolute Gasteiger partial charge is 0.409 e. The van der Waals surface area contributed by atoms with Gasteiger partial charge in [-0.05, 0) is 38.3 Å². The van der Waals surface area contributed by atoms with Crippen LogP contribution in [-0.4, -0.2) is 54.2 Å². The largest absolute Gasteiger partial charge is 0.450 e. The number of piperidine rings is 1. The molecule has 1 aliphatic rings. The summed E-state index contributed by atoms with van der Waals surface area (Å²) < 4.78 is 5.00. The minimum absolute atomic E-state index is 0.0699. The zero-order chi connectivity index (χ0) is 18.1. The van der Waals surface area contributed by atoms with Crippen LogP contribution in [0.4, 0.5) is 10.6 Å². The predicted octanol–water partition coefficient (Wildman–Crippen LogP) is 2.64. The number of hydrogen-bond acceptors (Lipinski definition) is 5. The highest BCUT2D eigenvalue weighted by Gasteiger charge is 2.24. The van der Waals surface area contributed by atoms with Crippen molar-refractivity contribution in [2.45, 2.75) is 45.6 Å². The molecule has 25 heavy (non-hydrogen) atoms. The van der Waals surface area contributed by atoms with E-state index in [0.29, 0.717) is 25.3 Å². The first-order valence-electron chi connectivity index (χ1n) is 9.06. The number of likely N-dealkylation sites (tertiary alicyclic amines) is 1. The molecule has 2 N–H and O–H groups in total. The monoisotopic (exact) mass is 348 g/mol. The van der Waals surface area contributed by atoms with E-state index in [9.17, 15) is 9.59 Å². The number of hydrogen-bond donors (Lipinski definition) is 2. The van der Waals surface area contributed by atoms with Crippen LogP contribution in [0.1, 0.15) is 49.9 Å². The van der Waals surface area contributed by atoms with Crippen molar-refractivity contribution in [3.05, 3.63) is 23.9 Å². The number of unbranched alkanes of at least 4 members (excludes halogenated alkanes) is 1. The van der Waals surface area contributed by atoms with E-state index in [1.165, 1.54) is 0 Å². The minimum Gasteiger partial charge on any atom is -0.450 e. The summed E-state index contributed by atoms with van der Waals surface area (Å²) >= 11 is 0. The van der Waals surface area contributed by atoms with Crippen molar-refractivity contribution in [2.24, 2.45) is 0 Å². The van der Waals surface area contributed by atoms with Gasteiger partial charge in [-0.1, -0.05) is 13.3 Å². The number of anilines is 1. The lowest BCUT2D eigenvalue weighted by atomic mass is 10.0. The lowest BCUT2D eigenvalue weighted by molar-refractivity contribution is 0.0860. The Morgan fingerprint density at radius 1 is 1.28 bits per heavy atom. The molecule has 2 heterocycles. The van der Waals surface area contributed by atoms with E-state index in [2.05, 4.69) is 22.5 Å². The van der Waals surface area contributed by atoms with Crippen LogP contribution in [0.5, 0.6) is 0 Å². The molecule has 0 atom stereocenters. The molecule has 0 radical (unpaired) electrons. The van der Waals surface area contributed by atoms with E-state index in [-0.39, 0.29) is 18.0 Å². The van der Waals surface area contributed by atoms with Gasteiger partial charge in [0.2, 0.25) is 0 Å². The van der Waals surface area contributed by atoms with E-state index >= 15 is 0 Å². The number of aromatic nitrogens is 1. The Labute approximate surface area is 149 Å². The SMILES string of the molecule is CCCCNc1ccc(C(=O)NC2CCN(C(=O)OCC)CC2)cn1. The first-order chi connectivity index (χ1) is 12.1. The summed E-state index contributed by atoms with van der Waals surface area (Å²) in [7, 11) is 0. The van der Waals surface area contributed by atoms with E-state index in [4.69, 9.17) is 4.74 Å². The standard InChI is InChI=1S/C18H28N4O3/c1-3-5-10-19-16-7-6-14(13-20-16)17(23)21-15-8-11-22(12-9-15)18(24)25-4-2/h6-7,13,15H,3-5,8-12H2,1-2H3,(H,19,20)(H,21,23). The molecule has 7 nitrogen and oxygen atoms in total. The Morgan fingerprint density at radius 2 is 2.04 bits per heavy atom. The van der Waals surface area contributed by atoms with Crippen molar-refractivity contribution in [1.29, 1.82) is 0 Å². The second-order valence-electron chi connectivity index (χ2n) is 6.15. The van der Waals surface area contributed by atoms with E-state index in [1.807, 2.05) is 6.07 Å². The fourth-order valence-electron chi connectivity index (χ4n) is 2.72. The van der Waals surface area contributed by atoms with Gasteiger partial charge in [0.05, 0.1) is 12.2 Å². The predicted molar refractivity (Wildman–Crippen MR) is 96.7 cm³/mol. The first kappa shape index (κ1) is 19.0. The molecule has 2 amide bonds. The van der Waals surface area contributed by atoms with E-state index in [1.54, 1.807) is 24.1 Å². The number of rotatable bonds is 7. The van der Waals surface area contributed by atoms with Crippen LogP contribution in [0, 0.1) is 0 Å². The van der Waals surface area contributed by atoms with Crippen LogP contribution < -0.4 is 10.6 Å². The summed E-state index contributed by atoms with van der Waals surface area (Å²) in [6.07, 6.45) is 5.00. The molecule has 2 rings (SSSR count). The van der Waals surface area contributed by atoms with Gasteiger partial charge in [-0.2, -0.15) is 0 Å². The molecule has 7 heteroatoms. The average Bonchev–Trinajstić information content (AvgIpc) is 2.63. The molecule has 0 unspecified atom stereocenters. The van der Waals surface area contributed by atoms with Crippen molar-refractivity contribution in [2.75, 3.05) is 31.6 Å². The zero-order valence-electron chi connectivity index (χ0n) is 15.1. The van der Waals surface area contributed by atoms with Gasteiger partial charge in [-0.25, -0.2) is 9.78 Å². The third-order valence-corrected chi connectivity index (χ3v) is 4.22. The van der Waals surface area contributed by atoms with Crippen LogP contribution in [0.3, 0.4) is 0 Å². The molecule has 0 aromatic carbocycles. The van der Waals surface area contributed by atoms with Crippen molar-refractivity contribution in [3.63, 3.8) is 0 Å². The molecule has 1 aromatic rings. The van der Waals surface area contributed by atoms with Gasteiger partial charge in [-0.3, -0.25) is 4.79 Å². The molecular formula is C18H28N4O3. The van der Waals surface area contributed by atoms with Crippen molar-refractivity contribution in [1.82, 2.24) is 15.2 Å². The lowest BCUT2D eigenvalue weighted by Gasteiger charge is -2.31. The second kappa shape index (κ2) is 9.86. The van der Waals surface area contributed by atoms with Gasteiger partial charge in [0.15, 0.2) is 0 Å². The van der Waals surface area contributed by atoms with Crippen LogP contribution >= 0.6 is 0 Å². The maximum atomic E-state index is 12.3. The number of nitrogens with zero attached hydrogens (tertiary/aromatic N) is 2. The Hall–Kier alpha value is -2.31. The highest BCUT2D eigenvalue weighted by molar-refractivity contribution is 5.94. The normalized spacial score (nSPS) is 14.9. The number of pyridine rings is 1. The Kier molecular flexibility index (Phi) is 7.50. The van der Waals surface area contributed by atoms with Crippen LogP contribution in [0.15, 0.2) is 18.3 Å². The summed E-state index contributed by atoms with van der Waals surface area (Å²) in [6, 6.07) is 3.68. The van der Waals surface area contributed by atoms with Gasteiger partial charge < -0.3 is 20.3 Å². The number of nitrogens with one attached hydrogen (secondary N) is 2. The van der Waals surface area contributed by atoms with E-state index in [0.717, 1.165) is 38.0 Å². The van der Waals surface area contributed by atoms with Crippen LogP contribution in [0.25, 0.3) is 0 Å². The fourth-order valence-corrected chi connectivity index (χ4v) is 2.72. The maximum absolute atomic E-state index is 12.3. The zero-order valence-corrected chi connectivity index (χ0v) is 15.1. The Balaban J connectivity index is 1.77. The quantitative estimate of drug-likeness (QED) is 0.740. The van der Waals surface area contributed by atoms with Gasteiger partial charge in [0.1, 0.15) is 5.82 Å². The third kappa shape index (κ3) is 5.92. The third-order valence-electron chi connectivity index (χ3n) is 4.22. The molecule has 138 valence electrons. The van der Waals surface area contributed by atoms with Gasteiger partial charge in [0.25, 0.3) is 5.91 Å². The molecule has 0 saturated carbocycles. The molecule has 0 bridgehead atoms. The molecular weight excluding hydrogens is 320 g/mol. The molecule has 0 spiro atoms. The summed E-state index contributed by atoms with van der Waals surface area (Å²) in [6.45, 7) is 6.40. The number of carbonyl (C=O) groups excluding carboxylic acids is 2. The van der Waals surface area contributed by atoms with Gasteiger partial charge >= 0.3 is 6.09 Å². The van der Waals surface area contributed by atoms with Crippen molar-refractivity contribution >= 4 is 17.8 Å². The average molecular weight is 348 g/mol. The fraction of sp³-hybridized carbons (Fsp3) is 0.611. The van der Waals surface area contributed by atoms with Crippen LogP contribution in [-0.2, 0) is 4.74 Å². The summed E-state index contributed by atoms with van der Waals surface area (Å²) in [5.74, 6) is 0.662. The van der Waals surface area contributed by atoms with Gasteiger partial charge in [-0.15, -0.1) is 0 Å². The van der Waals surface area contributed by atoms with Crippen molar-refractivity contribution < 1.29 is 14.3 Å². The van der Waals surface area contributed by atoms with Crippen molar-refractivity contribution in [3.8, 4) is 0 Å². The summed E-state index contributed by atoms with van der Waals surface area (Å²) in [5, 5.41) is 6.25. The maximum Gasteiger partial charge on any atom is 0.409 e. The minimum atomic E-state index is -0.275. The highest BCUT2D eigenvalue weighted by atomic mass is 16.6. The summed E-state index contributed by atoms with van der Waals surface area (Å²) in [5.41, 5.74) is 0.550. The number of amides is 2. The van der Waals surface area contributed by atoms with Gasteiger partial charge in [0, 0.05) is 31.9 Å². The second-order valence-corrected chi connectivity index (χ2v) is 6.15. The molecule has 1 fully saturated rings. The number of ether oxygens (including phenoxy) is 1. The molecule has 1 aliphatic heterocycles. The van der Waals surface area contributed by atoms with E-state index < -0.39 is 0 Å². The molecule has 1 saturated heterocycles. The van der Waals surface area contributed by atoms with Crippen LogP contribution in [0.2, 0.25) is 0 Å². The summed E-state index contributed by atoms with van der Waals surface area (Å²) in [4.78, 5) is 30.0. The number of carbonyl (C=O) groups is 2. The Morgan fingerprint density at radius 3 is 2.64 bits per heavy atom. The lowest BCUT2D eigenvalue weighted by Crippen LogP contribution is -2.46.